The highest BCUT2D eigenvalue weighted by Crippen LogP contribution is 2.19. The number of rotatable bonds is 6. The van der Waals surface area contributed by atoms with E-state index in [9.17, 15) is 4.79 Å². The minimum Gasteiger partial charge on any atom is -0.487 e. The van der Waals surface area contributed by atoms with Crippen LogP contribution >= 0.6 is 24.8 Å². The number of halogens is 2. The molecule has 0 aliphatic carbocycles. The molecule has 2 rings (SSSR count). The van der Waals surface area contributed by atoms with E-state index in [1.54, 1.807) is 6.20 Å². The largest absolute Gasteiger partial charge is 0.487 e. The van der Waals surface area contributed by atoms with E-state index in [1.807, 2.05) is 49.4 Å². The second kappa shape index (κ2) is 10.8. The first-order valence-electron chi connectivity index (χ1n) is 6.81. The molecule has 1 aromatic heterocycles. The molecular weight excluding hydrogens is 337 g/mol. The molecule has 0 radical (unpaired) electrons. The number of carbonyl (C=O) groups excluding carboxylic acids is 1. The topological polar surface area (TPSA) is 77.2 Å². The van der Waals surface area contributed by atoms with Gasteiger partial charge in [0.05, 0.1) is 18.3 Å². The Morgan fingerprint density at radius 3 is 2.70 bits per heavy atom. The Kier molecular flexibility index (Phi) is 9.97. The monoisotopic (exact) mass is 357 g/mol. The third-order valence-corrected chi connectivity index (χ3v) is 3.03. The second-order valence-electron chi connectivity index (χ2n) is 4.68. The van der Waals surface area contributed by atoms with Gasteiger partial charge in [-0.3, -0.25) is 9.78 Å². The molecule has 0 fully saturated rings. The van der Waals surface area contributed by atoms with Gasteiger partial charge in [-0.2, -0.15) is 0 Å². The fraction of sp³-hybridized carbons (Fsp3) is 0.250. The molecule has 0 saturated heterocycles. The fourth-order valence-corrected chi connectivity index (χ4v) is 1.90. The lowest BCUT2D eigenvalue weighted by Crippen LogP contribution is -2.32. The predicted molar refractivity (Wildman–Crippen MR) is 95.1 cm³/mol. The standard InChI is InChI=1S/C16H19N3O2.2ClH/c1-12(19-16(20)10-17)13-5-4-7-15(9-13)21-11-14-6-2-3-8-18-14;;/h2-9,12H,10-11,17H2,1H3,(H,19,20);2*1H. The summed E-state index contributed by atoms with van der Waals surface area (Å²) in [7, 11) is 0. The van der Waals surface area contributed by atoms with E-state index in [0.717, 1.165) is 17.0 Å². The van der Waals surface area contributed by atoms with Crippen molar-refractivity contribution >= 4 is 30.7 Å². The van der Waals surface area contributed by atoms with E-state index in [1.165, 1.54) is 0 Å². The number of ether oxygens (including phenoxy) is 1. The Hall–Kier alpha value is -1.82. The van der Waals surface area contributed by atoms with Crippen molar-refractivity contribution in [3.8, 4) is 5.75 Å². The van der Waals surface area contributed by atoms with Crippen LogP contribution in [-0.4, -0.2) is 17.4 Å². The molecule has 1 aromatic carbocycles. The van der Waals surface area contributed by atoms with Crippen molar-refractivity contribution in [2.24, 2.45) is 5.73 Å². The number of carbonyl (C=O) groups is 1. The predicted octanol–water partition coefficient (Wildman–Crippen LogP) is 2.64. The molecule has 3 N–H and O–H groups in total. The summed E-state index contributed by atoms with van der Waals surface area (Å²) in [5, 5.41) is 2.82. The Labute approximate surface area is 148 Å². The quantitative estimate of drug-likeness (QED) is 0.832. The number of hydrogen-bond acceptors (Lipinski definition) is 4. The minimum absolute atomic E-state index is 0. The van der Waals surface area contributed by atoms with Crippen molar-refractivity contribution in [1.29, 1.82) is 0 Å². The van der Waals surface area contributed by atoms with Gasteiger partial charge in [0, 0.05) is 6.20 Å². The molecular formula is C16H21Cl2N3O2. The van der Waals surface area contributed by atoms with Gasteiger partial charge >= 0.3 is 0 Å². The van der Waals surface area contributed by atoms with Gasteiger partial charge in [0.2, 0.25) is 5.91 Å². The van der Waals surface area contributed by atoms with Gasteiger partial charge in [-0.05, 0) is 36.8 Å². The number of pyridine rings is 1. The molecule has 1 atom stereocenters. The maximum absolute atomic E-state index is 11.3. The van der Waals surface area contributed by atoms with Crippen LogP contribution in [0.15, 0.2) is 48.7 Å². The molecule has 126 valence electrons. The van der Waals surface area contributed by atoms with Crippen LogP contribution in [-0.2, 0) is 11.4 Å². The second-order valence-corrected chi connectivity index (χ2v) is 4.68. The zero-order valence-electron chi connectivity index (χ0n) is 12.8. The van der Waals surface area contributed by atoms with Crippen LogP contribution in [0.5, 0.6) is 5.75 Å². The summed E-state index contributed by atoms with van der Waals surface area (Å²) in [5.74, 6) is 0.564. The summed E-state index contributed by atoms with van der Waals surface area (Å²) in [5.41, 5.74) is 7.13. The Morgan fingerprint density at radius 1 is 1.26 bits per heavy atom. The number of nitrogens with zero attached hydrogens (tertiary/aromatic N) is 1. The van der Waals surface area contributed by atoms with Gasteiger partial charge in [-0.25, -0.2) is 0 Å². The van der Waals surface area contributed by atoms with Gasteiger partial charge in [0.15, 0.2) is 0 Å². The van der Waals surface area contributed by atoms with E-state index in [4.69, 9.17) is 10.5 Å². The van der Waals surface area contributed by atoms with Crippen molar-refractivity contribution in [2.75, 3.05) is 6.54 Å². The summed E-state index contributed by atoms with van der Waals surface area (Å²) in [6.07, 6.45) is 1.74. The number of aromatic nitrogens is 1. The molecule has 7 heteroatoms. The molecule has 0 saturated carbocycles. The van der Waals surface area contributed by atoms with E-state index in [0.29, 0.717) is 6.61 Å². The van der Waals surface area contributed by atoms with Gasteiger partial charge in [-0.15, -0.1) is 24.8 Å². The zero-order chi connectivity index (χ0) is 15.1. The summed E-state index contributed by atoms with van der Waals surface area (Å²) in [4.78, 5) is 15.5. The van der Waals surface area contributed by atoms with Gasteiger partial charge < -0.3 is 15.8 Å². The van der Waals surface area contributed by atoms with E-state index < -0.39 is 0 Å². The van der Waals surface area contributed by atoms with E-state index >= 15 is 0 Å². The number of amides is 1. The van der Waals surface area contributed by atoms with Crippen LogP contribution in [0.25, 0.3) is 0 Å². The Bertz CT molecular complexity index is 597. The molecule has 0 aliphatic rings. The number of benzene rings is 1. The molecule has 1 heterocycles. The minimum atomic E-state index is -0.178. The maximum Gasteiger partial charge on any atom is 0.234 e. The average Bonchev–Trinajstić information content (AvgIpc) is 2.54. The van der Waals surface area contributed by atoms with E-state index in [2.05, 4.69) is 10.3 Å². The maximum atomic E-state index is 11.3. The molecule has 0 aliphatic heterocycles. The molecule has 0 spiro atoms. The number of nitrogens with two attached hydrogens (primary N) is 1. The first-order chi connectivity index (χ1) is 10.2. The average molecular weight is 358 g/mol. The smallest absolute Gasteiger partial charge is 0.234 e. The normalized spacial score (nSPS) is 10.7. The SMILES string of the molecule is CC(NC(=O)CN)c1cccc(OCc2ccccn2)c1.Cl.Cl. The molecule has 5 nitrogen and oxygen atoms in total. The van der Waals surface area contributed by atoms with Gasteiger partial charge in [-0.1, -0.05) is 18.2 Å². The van der Waals surface area contributed by atoms with Crippen LogP contribution in [0.1, 0.15) is 24.2 Å². The van der Waals surface area contributed by atoms with Crippen molar-refractivity contribution in [1.82, 2.24) is 10.3 Å². The van der Waals surface area contributed by atoms with Crippen molar-refractivity contribution < 1.29 is 9.53 Å². The van der Waals surface area contributed by atoms with Crippen molar-refractivity contribution in [3.63, 3.8) is 0 Å². The Morgan fingerprint density at radius 2 is 2.04 bits per heavy atom. The van der Waals surface area contributed by atoms with Crippen LogP contribution in [0.2, 0.25) is 0 Å². The zero-order valence-corrected chi connectivity index (χ0v) is 14.4. The van der Waals surface area contributed by atoms with Gasteiger partial charge in [0.25, 0.3) is 0 Å². The lowest BCUT2D eigenvalue weighted by Gasteiger charge is -2.15. The van der Waals surface area contributed by atoms with E-state index in [-0.39, 0.29) is 43.3 Å². The molecule has 1 amide bonds. The molecule has 0 bridgehead atoms. The summed E-state index contributed by atoms with van der Waals surface area (Å²) in [6.45, 7) is 2.31. The molecule has 2 aromatic rings. The molecule has 23 heavy (non-hydrogen) atoms. The van der Waals surface area contributed by atoms with Crippen LogP contribution in [0.3, 0.4) is 0 Å². The van der Waals surface area contributed by atoms with Gasteiger partial charge in [0.1, 0.15) is 12.4 Å². The first-order valence-corrected chi connectivity index (χ1v) is 6.81. The summed E-state index contributed by atoms with van der Waals surface area (Å²) in [6, 6.07) is 13.2. The number of hydrogen-bond donors (Lipinski definition) is 2. The highest BCUT2D eigenvalue weighted by Gasteiger charge is 2.09. The fourth-order valence-electron chi connectivity index (χ4n) is 1.90. The van der Waals surface area contributed by atoms with Crippen molar-refractivity contribution in [2.45, 2.75) is 19.6 Å². The Balaban J connectivity index is 0.00000242. The summed E-state index contributed by atoms with van der Waals surface area (Å²) >= 11 is 0. The highest BCUT2D eigenvalue weighted by molar-refractivity contribution is 5.85. The summed E-state index contributed by atoms with van der Waals surface area (Å²) < 4.78 is 5.71. The van der Waals surface area contributed by atoms with Crippen LogP contribution < -0.4 is 15.8 Å². The molecule has 1 unspecified atom stereocenters. The number of nitrogens with one attached hydrogen (secondary N) is 1. The third-order valence-electron chi connectivity index (χ3n) is 3.03. The third kappa shape index (κ3) is 6.86. The van der Waals surface area contributed by atoms with Crippen LogP contribution in [0, 0.1) is 0 Å². The van der Waals surface area contributed by atoms with Crippen LogP contribution in [0.4, 0.5) is 0 Å². The highest BCUT2D eigenvalue weighted by atomic mass is 35.5. The lowest BCUT2D eigenvalue weighted by atomic mass is 10.1. The lowest BCUT2D eigenvalue weighted by molar-refractivity contribution is -0.120. The van der Waals surface area contributed by atoms with Crippen molar-refractivity contribution in [3.05, 3.63) is 59.9 Å². The first kappa shape index (κ1) is 21.2.